The lowest BCUT2D eigenvalue weighted by Gasteiger charge is -2.41. The minimum Gasteiger partial charge on any atom is -0.464 e. The van der Waals surface area contributed by atoms with Crippen molar-refractivity contribution in [2.24, 2.45) is 0 Å². The van der Waals surface area contributed by atoms with E-state index >= 15 is 0 Å². The van der Waals surface area contributed by atoms with Crippen LogP contribution in [0.1, 0.15) is 57.6 Å². The molecule has 0 aromatic heterocycles. The first-order valence-electron chi connectivity index (χ1n) is 7.29. The minimum atomic E-state index is -1.47. The highest BCUT2D eigenvalue weighted by atomic mass is 16.5. The first-order chi connectivity index (χ1) is 9.30. The van der Waals surface area contributed by atoms with Crippen LogP contribution in [0.2, 0.25) is 0 Å². The maximum Gasteiger partial charge on any atom is 0.338 e. The van der Waals surface area contributed by atoms with E-state index in [4.69, 9.17) is 4.74 Å². The average Bonchev–Trinajstić information content (AvgIpc) is 2.39. The number of carbonyl (C=O) groups excluding carboxylic acids is 1. The maximum absolute atomic E-state index is 12.1. The second kappa shape index (κ2) is 5.21. The summed E-state index contributed by atoms with van der Waals surface area (Å²) < 4.78 is 5.04. The molecule has 2 unspecified atom stereocenters. The second-order valence-corrected chi connectivity index (χ2v) is 6.43. The second-order valence-electron chi connectivity index (χ2n) is 6.43. The minimum absolute atomic E-state index is 0.0812. The van der Waals surface area contributed by atoms with Gasteiger partial charge in [-0.2, -0.15) is 0 Å². The molecule has 20 heavy (non-hydrogen) atoms. The van der Waals surface area contributed by atoms with Crippen LogP contribution in [0.5, 0.6) is 0 Å². The van der Waals surface area contributed by atoms with E-state index in [0.717, 1.165) is 18.4 Å². The fourth-order valence-electron chi connectivity index (χ4n) is 3.22. The fraction of sp³-hybridized carbons (Fsp3) is 0.588. The molecule has 1 aromatic carbocycles. The lowest BCUT2D eigenvalue weighted by atomic mass is 9.65. The van der Waals surface area contributed by atoms with Crippen LogP contribution >= 0.6 is 0 Å². The molecule has 2 rings (SSSR count). The lowest BCUT2D eigenvalue weighted by molar-refractivity contribution is -0.166. The van der Waals surface area contributed by atoms with Gasteiger partial charge in [0.2, 0.25) is 0 Å². The zero-order chi connectivity index (χ0) is 15.0. The van der Waals surface area contributed by atoms with Crippen LogP contribution in [0, 0.1) is 0 Å². The summed E-state index contributed by atoms with van der Waals surface area (Å²) in [7, 11) is 0. The quantitative estimate of drug-likeness (QED) is 0.863. The van der Waals surface area contributed by atoms with E-state index in [9.17, 15) is 9.90 Å². The Hall–Kier alpha value is -1.35. The monoisotopic (exact) mass is 276 g/mol. The number of carbonyl (C=O) groups is 1. The Labute approximate surface area is 121 Å². The summed E-state index contributed by atoms with van der Waals surface area (Å²) in [5.74, 6) is -0.731. The molecule has 0 aliphatic heterocycles. The molecular formula is C17H24O3. The van der Waals surface area contributed by atoms with Gasteiger partial charge in [0.05, 0.1) is 6.61 Å². The van der Waals surface area contributed by atoms with E-state index in [1.54, 1.807) is 13.8 Å². The van der Waals surface area contributed by atoms with Crippen LogP contribution in [0.25, 0.3) is 0 Å². The molecular weight excluding hydrogens is 252 g/mol. The summed E-state index contributed by atoms with van der Waals surface area (Å²) in [6, 6.07) is 8.11. The largest absolute Gasteiger partial charge is 0.464 e. The Balaban J connectivity index is 2.42. The van der Waals surface area contributed by atoms with E-state index in [1.165, 1.54) is 5.56 Å². The molecule has 0 saturated heterocycles. The molecule has 3 nitrogen and oxygen atoms in total. The number of hydrogen-bond acceptors (Lipinski definition) is 3. The molecule has 1 aromatic rings. The van der Waals surface area contributed by atoms with Crippen molar-refractivity contribution in [1.29, 1.82) is 0 Å². The van der Waals surface area contributed by atoms with Gasteiger partial charge in [-0.25, -0.2) is 4.79 Å². The summed E-state index contributed by atoms with van der Waals surface area (Å²) in [4.78, 5) is 12.1. The molecule has 0 amide bonds. The molecule has 1 aliphatic carbocycles. The lowest BCUT2D eigenvalue weighted by Crippen LogP contribution is -2.45. The van der Waals surface area contributed by atoms with E-state index in [-0.39, 0.29) is 17.9 Å². The summed E-state index contributed by atoms with van der Waals surface area (Å²) >= 11 is 0. The third-order valence-electron chi connectivity index (χ3n) is 4.49. The Bertz CT molecular complexity index is 503. The Morgan fingerprint density at radius 3 is 2.75 bits per heavy atom. The smallest absolute Gasteiger partial charge is 0.338 e. The van der Waals surface area contributed by atoms with Gasteiger partial charge < -0.3 is 9.84 Å². The van der Waals surface area contributed by atoms with Gasteiger partial charge in [0.25, 0.3) is 0 Å². The van der Waals surface area contributed by atoms with Gasteiger partial charge >= 0.3 is 5.97 Å². The van der Waals surface area contributed by atoms with Crippen molar-refractivity contribution in [1.82, 2.24) is 0 Å². The third-order valence-corrected chi connectivity index (χ3v) is 4.49. The molecule has 0 bridgehead atoms. The highest BCUT2D eigenvalue weighted by Gasteiger charge is 2.46. The Kier molecular flexibility index (Phi) is 3.92. The van der Waals surface area contributed by atoms with Crippen LogP contribution < -0.4 is 0 Å². The molecule has 0 spiro atoms. The molecule has 3 heteroatoms. The van der Waals surface area contributed by atoms with Crippen molar-refractivity contribution in [2.45, 2.75) is 57.5 Å². The van der Waals surface area contributed by atoms with Gasteiger partial charge in [-0.3, -0.25) is 0 Å². The van der Waals surface area contributed by atoms with Crippen molar-refractivity contribution in [3.05, 3.63) is 35.4 Å². The van der Waals surface area contributed by atoms with Crippen molar-refractivity contribution < 1.29 is 14.6 Å². The van der Waals surface area contributed by atoms with E-state index < -0.39 is 11.6 Å². The topological polar surface area (TPSA) is 46.5 Å². The predicted octanol–water partition coefficient (Wildman–Crippen LogP) is 3.16. The fourth-order valence-corrected chi connectivity index (χ4v) is 3.22. The van der Waals surface area contributed by atoms with Crippen LogP contribution in [-0.2, 0) is 14.9 Å². The molecule has 1 N–H and O–H groups in total. The number of benzene rings is 1. The first kappa shape index (κ1) is 15.0. The Morgan fingerprint density at radius 1 is 1.45 bits per heavy atom. The number of ether oxygens (including phenoxy) is 1. The average molecular weight is 276 g/mol. The normalized spacial score (nSPS) is 23.6. The number of hydrogen-bond donors (Lipinski definition) is 1. The van der Waals surface area contributed by atoms with Crippen molar-refractivity contribution in [3.63, 3.8) is 0 Å². The van der Waals surface area contributed by atoms with Crippen LogP contribution in [0.3, 0.4) is 0 Å². The summed E-state index contributed by atoms with van der Waals surface area (Å²) in [5.41, 5.74) is 0.906. The van der Waals surface area contributed by atoms with Crippen LogP contribution in [0.15, 0.2) is 24.3 Å². The standard InChI is InChI=1S/C17H24O3/c1-5-20-15(18)17(4,19)14-10-11-16(2,3)13-9-7-6-8-12(13)14/h6-9,14,19H,5,10-11H2,1-4H3. The number of rotatable bonds is 3. The summed E-state index contributed by atoms with van der Waals surface area (Å²) in [6.07, 6.45) is 1.74. The number of aliphatic hydroxyl groups is 1. The van der Waals surface area contributed by atoms with Gasteiger partial charge in [0.1, 0.15) is 0 Å². The zero-order valence-corrected chi connectivity index (χ0v) is 12.8. The molecule has 0 fully saturated rings. The molecule has 0 radical (unpaired) electrons. The predicted molar refractivity (Wildman–Crippen MR) is 78.7 cm³/mol. The molecule has 0 saturated carbocycles. The van der Waals surface area contributed by atoms with E-state index in [0.29, 0.717) is 0 Å². The highest BCUT2D eigenvalue weighted by Crippen LogP contribution is 2.46. The van der Waals surface area contributed by atoms with Gasteiger partial charge in [0.15, 0.2) is 5.60 Å². The van der Waals surface area contributed by atoms with Crippen LogP contribution in [0.4, 0.5) is 0 Å². The van der Waals surface area contributed by atoms with Gasteiger partial charge in [-0.15, -0.1) is 0 Å². The van der Waals surface area contributed by atoms with Crippen molar-refractivity contribution >= 4 is 5.97 Å². The van der Waals surface area contributed by atoms with Gasteiger partial charge in [0, 0.05) is 5.92 Å². The maximum atomic E-state index is 12.1. The highest BCUT2D eigenvalue weighted by molar-refractivity contribution is 5.80. The zero-order valence-electron chi connectivity index (χ0n) is 12.8. The third kappa shape index (κ3) is 2.47. The number of esters is 1. The summed E-state index contributed by atoms with van der Waals surface area (Å²) in [6.45, 7) is 8.04. The first-order valence-corrected chi connectivity index (χ1v) is 7.29. The molecule has 110 valence electrons. The SMILES string of the molecule is CCOC(=O)C(C)(O)C1CCC(C)(C)c2ccccc21. The van der Waals surface area contributed by atoms with E-state index in [1.807, 2.05) is 18.2 Å². The number of fused-ring (bicyclic) bond motifs is 1. The molecule has 0 heterocycles. The van der Waals surface area contributed by atoms with Crippen molar-refractivity contribution in [2.75, 3.05) is 6.61 Å². The molecule has 2 atom stereocenters. The van der Waals surface area contributed by atoms with Gasteiger partial charge in [-0.1, -0.05) is 38.1 Å². The van der Waals surface area contributed by atoms with E-state index in [2.05, 4.69) is 19.9 Å². The van der Waals surface area contributed by atoms with Gasteiger partial charge in [-0.05, 0) is 43.2 Å². The summed E-state index contributed by atoms with van der Waals surface area (Å²) in [5, 5.41) is 10.7. The molecule has 1 aliphatic rings. The van der Waals surface area contributed by atoms with Crippen molar-refractivity contribution in [3.8, 4) is 0 Å². The Morgan fingerprint density at radius 2 is 2.10 bits per heavy atom. The van der Waals surface area contributed by atoms with Crippen LogP contribution in [-0.4, -0.2) is 23.3 Å².